The summed E-state index contributed by atoms with van der Waals surface area (Å²) in [5.74, 6) is 0.988. The van der Waals surface area contributed by atoms with E-state index in [0.717, 1.165) is 0 Å². The highest BCUT2D eigenvalue weighted by Crippen LogP contribution is 2.55. The number of methoxy groups -OCH3 is 2. The molecule has 180 valence electrons. The van der Waals surface area contributed by atoms with Gasteiger partial charge in [-0.2, -0.15) is 13.2 Å². The van der Waals surface area contributed by atoms with Crippen LogP contribution in [0.5, 0.6) is 11.5 Å². The summed E-state index contributed by atoms with van der Waals surface area (Å²) in [6.45, 7) is 0. The summed E-state index contributed by atoms with van der Waals surface area (Å²) in [6, 6.07) is 18.6. The van der Waals surface area contributed by atoms with Gasteiger partial charge in [-0.1, -0.05) is 30.3 Å². The Labute approximate surface area is 201 Å². The maximum absolute atomic E-state index is 15.8. The van der Waals surface area contributed by atoms with Gasteiger partial charge in [0.25, 0.3) is 0 Å². The minimum atomic E-state index is -4.68. The molecule has 0 aliphatic heterocycles. The van der Waals surface area contributed by atoms with Crippen LogP contribution in [0.3, 0.4) is 0 Å². The van der Waals surface area contributed by atoms with Crippen molar-refractivity contribution in [2.45, 2.75) is 11.6 Å². The molecule has 5 rings (SSSR count). The van der Waals surface area contributed by atoms with E-state index in [1.807, 2.05) is 0 Å². The van der Waals surface area contributed by atoms with E-state index in [2.05, 4.69) is 0 Å². The van der Waals surface area contributed by atoms with Crippen molar-refractivity contribution in [3.05, 3.63) is 95.8 Å². The molecule has 0 aliphatic rings. The standard InChI is InChI=1S/C28H25F3N2O2/c1-32-16-23(21-14-19(34-3)10-12-25(21)32)27(28(29,30)31,18-8-6-5-7-9-18)24-17-33(2)26-13-11-20(35-4)15-22(24)26/h5-17H,1-4H3. The topological polar surface area (TPSA) is 28.3 Å². The molecule has 0 spiro atoms. The Balaban J connectivity index is 2.02. The second-order valence-corrected chi connectivity index (χ2v) is 8.69. The number of hydrogen-bond donors (Lipinski definition) is 0. The zero-order valence-electron chi connectivity index (χ0n) is 19.9. The van der Waals surface area contributed by atoms with Crippen LogP contribution in [0.25, 0.3) is 21.8 Å². The average molecular weight is 479 g/mol. The second kappa shape index (κ2) is 8.12. The number of hydrogen-bond acceptors (Lipinski definition) is 2. The maximum Gasteiger partial charge on any atom is 0.406 e. The fourth-order valence-electron chi connectivity index (χ4n) is 5.21. The fourth-order valence-corrected chi connectivity index (χ4v) is 5.21. The van der Waals surface area contributed by atoms with Crippen LogP contribution in [-0.4, -0.2) is 29.5 Å². The predicted octanol–water partition coefficient (Wildman–Crippen LogP) is 6.58. The molecule has 4 nitrogen and oxygen atoms in total. The highest BCUT2D eigenvalue weighted by Gasteiger charge is 2.60. The van der Waals surface area contributed by atoms with Gasteiger partial charge in [0.2, 0.25) is 0 Å². The smallest absolute Gasteiger partial charge is 0.406 e. The molecule has 0 saturated heterocycles. The van der Waals surface area contributed by atoms with Crippen LogP contribution < -0.4 is 9.47 Å². The van der Waals surface area contributed by atoms with Crippen molar-refractivity contribution in [1.82, 2.24) is 9.13 Å². The van der Waals surface area contributed by atoms with Crippen LogP contribution in [0.2, 0.25) is 0 Å². The number of alkyl halides is 3. The molecule has 0 bridgehead atoms. The van der Waals surface area contributed by atoms with Crippen LogP contribution in [0.15, 0.2) is 79.1 Å². The molecular weight excluding hydrogens is 453 g/mol. The molecule has 35 heavy (non-hydrogen) atoms. The monoisotopic (exact) mass is 478 g/mol. The Hall–Kier alpha value is -3.87. The van der Waals surface area contributed by atoms with Crippen molar-refractivity contribution in [2.75, 3.05) is 14.2 Å². The highest BCUT2D eigenvalue weighted by atomic mass is 19.4. The zero-order valence-corrected chi connectivity index (χ0v) is 19.9. The Kier molecular flexibility index (Phi) is 5.31. The first kappa shape index (κ1) is 22.9. The second-order valence-electron chi connectivity index (χ2n) is 8.69. The Morgan fingerprint density at radius 3 is 1.51 bits per heavy atom. The molecule has 2 heterocycles. The number of aryl methyl sites for hydroxylation is 2. The van der Waals surface area contributed by atoms with E-state index in [4.69, 9.17) is 9.47 Å². The SMILES string of the molecule is COc1ccc2c(c1)c(C(c1ccccc1)(c1cn(C)c3ccc(OC)cc13)C(F)(F)F)cn2C. The molecule has 0 saturated carbocycles. The van der Waals surface area contributed by atoms with E-state index in [9.17, 15) is 0 Å². The van der Waals surface area contributed by atoms with Gasteiger partial charge in [0, 0.05) is 59.4 Å². The average Bonchev–Trinajstić information content (AvgIpc) is 3.36. The first-order chi connectivity index (χ1) is 16.7. The van der Waals surface area contributed by atoms with Crippen LogP contribution in [-0.2, 0) is 19.5 Å². The molecule has 3 aromatic carbocycles. The number of ether oxygens (including phenoxy) is 2. The number of halogens is 3. The molecule has 0 aliphatic carbocycles. The number of nitrogens with zero attached hydrogens (tertiary/aromatic N) is 2. The van der Waals surface area contributed by atoms with E-state index in [1.54, 1.807) is 102 Å². The number of aromatic nitrogens is 2. The largest absolute Gasteiger partial charge is 0.497 e. The van der Waals surface area contributed by atoms with Gasteiger partial charge in [-0.05, 0) is 42.0 Å². The van der Waals surface area contributed by atoms with Crippen LogP contribution >= 0.6 is 0 Å². The lowest BCUT2D eigenvalue weighted by atomic mass is 9.68. The predicted molar refractivity (Wildman–Crippen MR) is 131 cm³/mol. The van der Waals surface area contributed by atoms with Crippen molar-refractivity contribution in [3.8, 4) is 11.5 Å². The summed E-state index contributed by atoms with van der Waals surface area (Å²) in [5, 5.41) is 0.959. The van der Waals surface area contributed by atoms with Gasteiger partial charge in [-0.3, -0.25) is 0 Å². The van der Waals surface area contributed by atoms with Gasteiger partial charge >= 0.3 is 6.18 Å². The third kappa shape index (κ3) is 3.29. The normalized spacial score (nSPS) is 12.4. The van der Waals surface area contributed by atoms with E-state index in [-0.39, 0.29) is 16.7 Å². The maximum atomic E-state index is 15.8. The van der Waals surface area contributed by atoms with Crippen LogP contribution in [0, 0.1) is 0 Å². The van der Waals surface area contributed by atoms with Crippen LogP contribution in [0.1, 0.15) is 16.7 Å². The lowest BCUT2D eigenvalue weighted by Crippen LogP contribution is -2.44. The Morgan fingerprint density at radius 1 is 0.657 bits per heavy atom. The summed E-state index contributed by atoms with van der Waals surface area (Å²) in [6.07, 6.45) is -1.50. The zero-order chi connectivity index (χ0) is 25.0. The first-order valence-electron chi connectivity index (χ1n) is 11.1. The molecule has 7 heteroatoms. The van der Waals surface area contributed by atoms with Gasteiger partial charge < -0.3 is 18.6 Å². The van der Waals surface area contributed by atoms with Crippen molar-refractivity contribution in [2.24, 2.45) is 14.1 Å². The summed E-state index contributed by atoms with van der Waals surface area (Å²) in [5.41, 5.74) is -0.665. The summed E-state index contributed by atoms with van der Waals surface area (Å²) in [4.78, 5) is 0. The van der Waals surface area contributed by atoms with Gasteiger partial charge in [0.05, 0.1) is 14.2 Å². The van der Waals surface area contributed by atoms with Crippen molar-refractivity contribution in [3.63, 3.8) is 0 Å². The summed E-state index contributed by atoms with van der Waals surface area (Å²) in [7, 11) is 6.54. The number of fused-ring (bicyclic) bond motifs is 2. The number of benzene rings is 3. The Bertz CT molecular complexity index is 1440. The van der Waals surface area contributed by atoms with Gasteiger partial charge in [-0.15, -0.1) is 0 Å². The van der Waals surface area contributed by atoms with Crippen molar-refractivity contribution in [1.29, 1.82) is 0 Å². The molecule has 0 atom stereocenters. The quantitative estimate of drug-likeness (QED) is 0.285. The van der Waals surface area contributed by atoms with E-state index in [0.29, 0.717) is 33.3 Å². The highest BCUT2D eigenvalue weighted by molar-refractivity contribution is 5.93. The molecule has 2 aromatic heterocycles. The molecule has 0 N–H and O–H groups in total. The molecule has 0 radical (unpaired) electrons. The van der Waals surface area contributed by atoms with Crippen molar-refractivity contribution >= 4 is 21.8 Å². The minimum absolute atomic E-state index is 0.137. The fraction of sp³-hybridized carbons (Fsp3) is 0.214. The molecule has 5 aromatic rings. The molecular formula is C28H25F3N2O2. The van der Waals surface area contributed by atoms with Gasteiger partial charge in [0.1, 0.15) is 16.9 Å². The summed E-state index contributed by atoms with van der Waals surface area (Å²) < 4.78 is 61.6. The van der Waals surface area contributed by atoms with Gasteiger partial charge in [-0.25, -0.2) is 0 Å². The van der Waals surface area contributed by atoms with E-state index < -0.39 is 11.6 Å². The van der Waals surface area contributed by atoms with E-state index in [1.165, 1.54) is 14.2 Å². The minimum Gasteiger partial charge on any atom is -0.497 e. The third-order valence-corrected chi connectivity index (χ3v) is 6.83. The third-order valence-electron chi connectivity index (χ3n) is 6.83. The molecule has 0 fully saturated rings. The first-order valence-corrected chi connectivity index (χ1v) is 11.1. The van der Waals surface area contributed by atoms with E-state index >= 15 is 13.2 Å². The lowest BCUT2D eigenvalue weighted by Gasteiger charge is -2.36. The van der Waals surface area contributed by atoms with Gasteiger partial charge in [0.15, 0.2) is 0 Å². The lowest BCUT2D eigenvalue weighted by molar-refractivity contribution is -0.165. The van der Waals surface area contributed by atoms with Crippen molar-refractivity contribution < 1.29 is 22.6 Å². The number of rotatable bonds is 5. The summed E-state index contributed by atoms with van der Waals surface area (Å²) >= 11 is 0. The van der Waals surface area contributed by atoms with Crippen LogP contribution in [0.4, 0.5) is 13.2 Å². The molecule has 0 amide bonds. The Morgan fingerprint density at radius 2 is 1.11 bits per heavy atom. The molecule has 0 unspecified atom stereocenters.